The number of benzene rings is 1. The van der Waals surface area contributed by atoms with Gasteiger partial charge in [-0.25, -0.2) is 4.98 Å². The number of nitrogens with zero attached hydrogens (tertiary/aromatic N) is 3. The van der Waals surface area contributed by atoms with Gasteiger partial charge in [-0.05, 0) is 25.3 Å². The number of halogens is 1. The zero-order valence-corrected chi connectivity index (χ0v) is 12.1. The summed E-state index contributed by atoms with van der Waals surface area (Å²) in [7, 11) is 0. The fourth-order valence-electron chi connectivity index (χ4n) is 1.44. The number of thioether (sulfide) groups is 1. The second-order valence-corrected chi connectivity index (χ2v) is 4.91. The quantitative estimate of drug-likeness (QED) is 0.874. The molecule has 0 spiro atoms. The van der Waals surface area contributed by atoms with Crippen molar-refractivity contribution in [2.75, 3.05) is 12.0 Å². The highest BCUT2D eigenvalue weighted by molar-refractivity contribution is 7.98. The van der Waals surface area contributed by atoms with E-state index in [0.29, 0.717) is 21.8 Å². The maximum absolute atomic E-state index is 6.04. The van der Waals surface area contributed by atoms with Crippen LogP contribution < -0.4 is 10.5 Å². The lowest BCUT2D eigenvalue weighted by Gasteiger charge is -2.14. The van der Waals surface area contributed by atoms with Crippen LogP contribution in [-0.4, -0.2) is 21.2 Å². The first kappa shape index (κ1) is 13.9. The van der Waals surface area contributed by atoms with E-state index in [0.717, 1.165) is 0 Å². The molecule has 0 aliphatic rings. The number of aromatic nitrogens is 3. The summed E-state index contributed by atoms with van der Waals surface area (Å²) < 4.78 is 5.74. The minimum absolute atomic E-state index is 0.184. The number of rotatable bonds is 4. The molecule has 0 aliphatic carbocycles. The summed E-state index contributed by atoms with van der Waals surface area (Å²) in [6.07, 6.45) is 1.51. The largest absolute Gasteiger partial charge is 0.481 e. The van der Waals surface area contributed by atoms with E-state index in [1.807, 2.05) is 25.3 Å². The van der Waals surface area contributed by atoms with Gasteiger partial charge < -0.3 is 10.5 Å². The van der Waals surface area contributed by atoms with Crippen LogP contribution in [0.15, 0.2) is 29.4 Å². The minimum atomic E-state index is -0.365. The summed E-state index contributed by atoms with van der Waals surface area (Å²) in [4.78, 5) is 12.3. The number of nitrogens with two attached hydrogens (primary N) is 1. The fraction of sp³-hybridized carbons (Fsp3) is 0.250. The Kier molecular flexibility index (Phi) is 4.44. The first-order valence-electron chi connectivity index (χ1n) is 5.56. The Labute approximate surface area is 120 Å². The van der Waals surface area contributed by atoms with Crippen LogP contribution in [-0.2, 0) is 0 Å². The highest BCUT2D eigenvalue weighted by atomic mass is 35.5. The van der Waals surface area contributed by atoms with Gasteiger partial charge in [0, 0.05) is 0 Å². The van der Waals surface area contributed by atoms with Crippen molar-refractivity contribution in [3.05, 3.63) is 35.1 Å². The van der Waals surface area contributed by atoms with Crippen LogP contribution in [0.1, 0.15) is 18.9 Å². The molecule has 0 bridgehead atoms. The zero-order chi connectivity index (χ0) is 13.8. The van der Waals surface area contributed by atoms with Gasteiger partial charge in [0.1, 0.15) is 5.75 Å². The Morgan fingerprint density at radius 2 is 2.00 bits per heavy atom. The molecular formula is C12H13ClN4OS. The molecule has 1 aromatic carbocycles. The number of nitrogen functional groups attached to an aromatic ring is 1. The molecule has 1 aromatic heterocycles. The minimum Gasteiger partial charge on any atom is -0.481 e. The molecule has 0 saturated heterocycles. The number of hydrogen-bond donors (Lipinski definition) is 1. The van der Waals surface area contributed by atoms with Gasteiger partial charge in [0.2, 0.25) is 5.95 Å². The van der Waals surface area contributed by atoms with Gasteiger partial charge in [-0.2, -0.15) is 9.97 Å². The number of hydrogen-bond acceptors (Lipinski definition) is 6. The molecule has 19 heavy (non-hydrogen) atoms. The lowest BCUT2D eigenvalue weighted by molar-refractivity contribution is 0.215. The molecule has 2 N–H and O–H groups in total. The maximum atomic E-state index is 6.04. The molecule has 2 aromatic rings. The second kappa shape index (κ2) is 6.08. The van der Waals surface area contributed by atoms with E-state index >= 15 is 0 Å². The van der Waals surface area contributed by atoms with Crippen molar-refractivity contribution in [2.45, 2.75) is 18.2 Å². The first-order chi connectivity index (χ1) is 9.10. The highest BCUT2D eigenvalue weighted by Crippen LogP contribution is 2.27. The summed E-state index contributed by atoms with van der Waals surface area (Å²) >= 11 is 7.44. The van der Waals surface area contributed by atoms with E-state index in [2.05, 4.69) is 15.0 Å². The van der Waals surface area contributed by atoms with Gasteiger partial charge >= 0.3 is 0 Å². The van der Waals surface area contributed by atoms with Crippen molar-refractivity contribution >= 4 is 29.3 Å². The molecule has 1 heterocycles. The molecule has 0 aliphatic heterocycles. The maximum Gasteiger partial charge on any atom is 0.224 e. The molecule has 100 valence electrons. The van der Waals surface area contributed by atoms with Gasteiger partial charge in [-0.3, -0.25) is 0 Å². The summed E-state index contributed by atoms with van der Waals surface area (Å²) in [6.45, 7) is 1.84. The first-order valence-corrected chi connectivity index (χ1v) is 7.17. The molecule has 0 fully saturated rings. The van der Waals surface area contributed by atoms with Crippen LogP contribution in [0, 0.1) is 0 Å². The highest BCUT2D eigenvalue weighted by Gasteiger charge is 2.14. The van der Waals surface area contributed by atoms with Gasteiger partial charge in [0.05, 0.1) is 5.02 Å². The monoisotopic (exact) mass is 296 g/mol. The Morgan fingerprint density at radius 3 is 2.68 bits per heavy atom. The molecule has 0 amide bonds. The summed E-state index contributed by atoms with van der Waals surface area (Å²) in [5.41, 5.74) is 5.64. The van der Waals surface area contributed by atoms with E-state index in [1.165, 1.54) is 11.8 Å². The van der Waals surface area contributed by atoms with Crippen molar-refractivity contribution in [2.24, 2.45) is 0 Å². The van der Waals surface area contributed by atoms with Gasteiger partial charge in [0.15, 0.2) is 17.1 Å². The molecule has 1 unspecified atom stereocenters. The van der Waals surface area contributed by atoms with E-state index in [9.17, 15) is 0 Å². The lowest BCUT2D eigenvalue weighted by atomic mass is 10.3. The third-order valence-electron chi connectivity index (χ3n) is 2.34. The van der Waals surface area contributed by atoms with Crippen LogP contribution in [0.25, 0.3) is 0 Å². The Bertz CT molecular complexity index is 581. The third-order valence-corrected chi connectivity index (χ3v) is 3.20. The fourth-order valence-corrected chi connectivity index (χ4v) is 1.99. The SMILES string of the molecule is CSc1nc(N)nc(C(C)Oc2ccccc2Cl)n1. The van der Waals surface area contributed by atoms with Crippen LogP contribution in [0.5, 0.6) is 5.75 Å². The van der Waals surface area contributed by atoms with E-state index < -0.39 is 0 Å². The number of anilines is 1. The Balaban J connectivity index is 2.22. The van der Waals surface area contributed by atoms with Crippen LogP contribution in [0.4, 0.5) is 5.95 Å². The average Bonchev–Trinajstić information content (AvgIpc) is 2.40. The van der Waals surface area contributed by atoms with Crippen molar-refractivity contribution in [1.82, 2.24) is 15.0 Å². The predicted molar refractivity (Wildman–Crippen MR) is 76.5 cm³/mol. The standard InChI is InChI=1S/C12H13ClN4OS/c1-7(18-9-6-4-3-5-8(9)13)10-15-11(14)17-12(16-10)19-2/h3-7H,1-2H3,(H2,14,15,16,17). The lowest BCUT2D eigenvalue weighted by Crippen LogP contribution is -2.11. The van der Waals surface area contributed by atoms with E-state index in [-0.39, 0.29) is 12.1 Å². The predicted octanol–water partition coefficient (Wildman–Crippen LogP) is 2.97. The summed E-state index contributed by atoms with van der Waals surface area (Å²) in [5.74, 6) is 1.25. The second-order valence-electron chi connectivity index (χ2n) is 3.73. The Hall–Kier alpha value is -1.53. The third kappa shape index (κ3) is 3.48. The van der Waals surface area contributed by atoms with Gasteiger partial charge in [-0.15, -0.1) is 0 Å². The molecule has 2 rings (SSSR count). The van der Waals surface area contributed by atoms with Crippen LogP contribution in [0.2, 0.25) is 5.02 Å². The molecule has 5 nitrogen and oxygen atoms in total. The Morgan fingerprint density at radius 1 is 1.26 bits per heavy atom. The number of ether oxygens (including phenoxy) is 1. The van der Waals surface area contributed by atoms with E-state index in [4.69, 9.17) is 22.1 Å². The van der Waals surface area contributed by atoms with Crippen molar-refractivity contribution < 1.29 is 4.74 Å². The van der Waals surface area contributed by atoms with Crippen molar-refractivity contribution in [3.8, 4) is 5.75 Å². The zero-order valence-electron chi connectivity index (χ0n) is 10.5. The van der Waals surface area contributed by atoms with Gasteiger partial charge in [-0.1, -0.05) is 35.5 Å². The molecule has 1 atom stereocenters. The molecule has 0 saturated carbocycles. The topological polar surface area (TPSA) is 73.9 Å². The average molecular weight is 297 g/mol. The molecular weight excluding hydrogens is 284 g/mol. The smallest absolute Gasteiger partial charge is 0.224 e. The van der Waals surface area contributed by atoms with E-state index in [1.54, 1.807) is 12.1 Å². The van der Waals surface area contributed by atoms with Crippen molar-refractivity contribution in [3.63, 3.8) is 0 Å². The van der Waals surface area contributed by atoms with Crippen molar-refractivity contribution in [1.29, 1.82) is 0 Å². The van der Waals surface area contributed by atoms with Crippen LogP contribution >= 0.6 is 23.4 Å². The number of para-hydroxylation sites is 1. The summed E-state index contributed by atoms with van der Waals surface area (Å²) in [5, 5.41) is 1.11. The van der Waals surface area contributed by atoms with Crippen LogP contribution in [0.3, 0.4) is 0 Å². The molecule has 7 heteroatoms. The molecule has 0 radical (unpaired) electrons. The summed E-state index contributed by atoms with van der Waals surface area (Å²) in [6, 6.07) is 7.24. The van der Waals surface area contributed by atoms with Gasteiger partial charge in [0.25, 0.3) is 0 Å². The normalized spacial score (nSPS) is 12.2.